The highest BCUT2D eigenvalue weighted by Gasteiger charge is 2.65. The molecule has 0 radical (unpaired) electrons. The Morgan fingerprint density at radius 1 is 1.03 bits per heavy atom. The highest BCUT2D eigenvalue weighted by Crippen LogP contribution is 2.45. The molecule has 0 bridgehead atoms. The maximum absolute atomic E-state index is 14.4. The van der Waals surface area contributed by atoms with Crippen LogP contribution in [0, 0.1) is 6.92 Å². The SMILES string of the molecule is CCOC1(OCC)CC([S@](=O)c2ccc(C)cc2)=C[C@H]1OC(=O)[C@](OC)(c1ccccc1)C(F)(F)F. The molecule has 0 unspecified atom stereocenters. The Bertz CT molecular complexity index is 1090. The smallest absolute Gasteiger partial charge is 0.432 e. The van der Waals surface area contributed by atoms with Gasteiger partial charge in [-0.1, -0.05) is 48.0 Å². The van der Waals surface area contributed by atoms with Crippen LogP contribution in [-0.4, -0.2) is 48.6 Å². The van der Waals surface area contributed by atoms with E-state index >= 15 is 0 Å². The van der Waals surface area contributed by atoms with Gasteiger partial charge in [0.1, 0.15) is 0 Å². The third kappa shape index (κ3) is 5.27. The zero-order valence-electron chi connectivity index (χ0n) is 20.5. The second-order valence-electron chi connectivity index (χ2n) is 8.14. The molecule has 0 spiro atoms. The molecule has 3 rings (SSSR count). The average molecular weight is 527 g/mol. The third-order valence-corrected chi connectivity index (χ3v) is 7.31. The van der Waals surface area contributed by atoms with E-state index in [2.05, 4.69) is 0 Å². The van der Waals surface area contributed by atoms with Gasteiger partial charge in [-0.2, -0.15) is 13.2 Å². The van der Waals surface area contributed by atoms with Gasteiger partial charge in [-0.3, -0.25) is 0 Å². The van der Waals surface area contributed by atoms with E-state index in [1.54, 1.807) is 38.1 Å². The van der Waals surface area contributed by atoms with Crippen LogP contribution in [0.4, 0.5) is 13.2 Å². The Labute approximate surface area is 210 Å². The summed E-state index contributed by atoms with van der Waals surface area (Å²) in [6, 6.07) is 13.5. The lowest BCUT2D eigenvalue weighted by atomic mass is 9.92. The quantitative estimate of drug-likeness (QED) is 0.314. The van der Waals surface area contributed by atoms with E-state index in [0.29, 0.717) is 9.80 Å². The largest absolute Gasteiger partial charge is 0.450 e. The minimum absolute atomic E-state index is 0.0650. The number of alkyl halides is 3. The lowest BCUT2D eigenvalue weighted by Crippen LogP contribution is -2.55. The van der Waals surface area contributed by atoms with E-state index in [-0.39, 0.29) is 19.6 Å². The van der Waals surface area contributed by atoms with Crippen molar-refractivity contribution in [3.8, 4) is 0 Å². The number of methoxy groups -OCH3 is 1. The topological polar surface area (TPSA) is 71.1 Å². The normalized spacial score (nSPS) is 19.9. The molecule has 0 saturated carbocycles. The molecule has 1 aliphatic rings. The van der Waals surface area contributed by atoms with Crippen LogP contribution in [0.2, 0.25) is 0 Å². The summed E-state index contributed by atoms with van der Waals surface area (Å²) >= 11 is 0. The number of esters is 1. The summed E-state index contributed by atoms with van der Waals surface area (Å²) in [6.45, 7) is 5.46. The van der Waals surface area contributed by atoms with Crippen molar-refractivity contribution in [2.75, 3.05) is 20.3 Å². The van der Waals surface area contributed by atoms with Crippen molar-refractivity contribution in [2.45, 2.75) is 55.8 Å². The molecule has 6 nitrogen and oxygen atoms in total. The predicted octanol–water partition coefficient (Wildman–Crippen LogP) is 5.18. The van der Waals surface area contributed by atoms with E-state index in [4.69, 9.17) is 18.9 Å². The van der Waals surface area contributed by atoms with Crippen LogP contribution in [-0.2, 0) is 40.1 Å². The van der Waals surface area contributed by atoms with Crippen molar-refractivity contribution in [1.29, 1.82) is 0 Å². The summed E-state index contributed by atoms with van der Waals surface area (Å²) in [7, 11) is -0.882. The Hall–Kier alpha value is -2.53. The summed E-state index contributed by atoms with van der Waals surface area (Å²) in [6.07, 6.45) is -5.27. The van der Waals surface area contributed by atoms with Gasteiger partial charge >= 0.3 is 12.1 Å². The first kappa shape index (κ1) is 28.0. The summed E-state index contributed by atoms with van der Waals surface area (Å²) in [5.74, 6) is -3.33. The van der Waals surface area contributed by atoms with Crippen molar-refractivity contribution < 1.29 is 41.1 Å². The average Bonchev–Trinajstić information content (AvgIpc) is 3.17. The molecule has 10 heteroatoms. The molecule has 0 amide bonds. The summed E-state index contributed by atoms with van der Waals surface area (Å²) in [5.41, 5.74) is -2.84. The van der Waals surface area contributed by atoms with E-state index in [9.17, 15) is 22.2 Å². The molecule has 0 aliphatic heterocycles. The number of rotatable bonds is 10. The summed E-state index contributed by atoms with van der Waals surface area (Å²) in [4.78, 5) is 14.1. The van der Waals surface area contributed by atoms with Crippen LogP contribution in [0.25, 0.3) is 0 Å². The third-order valence-electron chi connectivity index (χ3n) is 5.85. The van der Waals surface area contributed by atoms with Crippen LogP contribution >= 0.6 is 0 Å². The zero-order chi connectivity index (χ0) is 26.6. The van der Waals surface area contributed by atoms with Crippen LogP contribution < -0.4 is 0 Å². The van der Waals surface area contributed by atoms with Crippen molar-refractivity contribution in [3.05, 3.63) is 76.7 Å². The number of carbonyl (C=O) groups excluding carboxylic acids is 1. The van der Waals surface area contributed by atoms with Gasteiger partial charge in [-0.15, -0.1) is 0 Å². The number of halogens is 3. The lowest BCUT2D eigenvalue weighted by molar-refractivity contribution is -0.296. The maximum atomic E-state index is 14.4. The Morgan fingerprint density at radius 2 is 1.61 bits per heavy atom. The first-order chi connectivity index (χ1) is 17.0. The van der Waals surface area contributed by atoms with Crippen molar-refractivity contribution in [3.63, 3.8) is 0 Å². The molecule has 0 fully saturated rings. The fourth-order valence-corrected chi connectivity index (χ4v) is 5.41. The number of hydrogen-bond acceptors (Lipinski definition) is 6. The van der Waals surface area contributed by atoms with Gasteiger partial charge in [0.15, 0.2) is 6.10 Å². The summed E-state index contributed by atoms with van der Waals surface area (Å²) < 4.78 is 78.4. The number of ether oxygens (including phenoxy) is 4. The number of aryl methyl sites for hydroxylation is 1. The van der Waals surface area contributed by atoms with Crippen molar-refractivity contribution >= 4 is 16.8 Å². The Balaban J connectivity index is 2.04. The predicted molar refractivity (Wildman–Crippen MR) is 127 cm³/mol. The van der Waals surface area contributed by atoms with Gasteiger partial charge in [0, 0.05) is 42.1 Å². The highest BCUT2D eigenvalue weighted by molar-refractivity contribution is 7.89. The molecule has 0 heterocycles. The Morgan fingerprint density at radius 3 is 2.11 bits per heavy atom. The van der Waals surface area contributed by atoms with Crippen LogP contribution in [0.1, 0.15) is 31.4 Å². The minimum atomic E-state index is -5.14. The second-order valence-corrected chi connectivity index (χ2v) is 9.68. The van der Waals surface area contributed by atoms with Crippen molar-refractivity contribution in [1.82, 2.24) is 0 Å². The van der Waals surface area contributed by atoms with Gasteiger partial charge in [0.05, 0.1) is 10.8 Å². The van der Waals surface area contributed by atoms with Gasteiger partial charge in [-0.05, 0) is 39.0 Å². The number of benzene rings is 2. The maximum Gasteiger partial charge on any atom is 0.432 e. The van der Waals surface area contributed by atoms with E-state index in [1.165, 1.54) is 24.3 Å². The fourth-order valence-electron chi connectivity index (χ4n) is 4.14. The van der Waals surface area contributed by atoms with Gasteiger partial charge in [0.25, 0.3) is 5.60 Å². The molecule has 3 atom stereocenters. The molecule has 1 aliphatic carbocycles. The van der Waals surface area contributed by atoms with Crippen molar-refractivity contribution in [2.24, 2.45) is 0 Å². The fraction of sp³-hybridized carbons (Fsp3) is 0.423. The first-order valence-electron chi connectivity index (χ1n) is 11.4. The van der Waals surface area contributed by atoms with E-state index < -0.39 is 46.0 Å². The molecule has 196 valence electrons. The summed E-state index contributed by atoms with van der Waals surface area (Å²) in [5, 5.41) is 0. The van der Waals surface area contributed by atoms with Gasteiger partial charge in [-0.25, -0.2) is 9.00 Å². The minimum Gasteiger partial charge on any atom is -0.450 e. The zero-order valence-corrected chi connectivity index (χ0v) is 21.3. The molecule has 36 heavy (non-hydrogen) atoms. The molecule has 0 aromatic heterocycles. The number of hydrogen-bond donors (Lipinski definition) is 0. The highest BCUT2D eigenvalue weighted by atomic mass is 32.2. The monoisotopic (exact) mass is 526 g/mol. The number of carbonyl (C=O) groups is 1. The van der Waals surface area contributed by atoms with Crippen LogP contribution in [0.3, 0.4) is 0 Å². The Kier molecular flexibility index (Phi) is 8.76. The lowest BCUT2D eigenvalue weighted by Gasteiger charge is -2.37. The van der Waals surface area contributed by atoms with E-state index in [0.717, 1.165) is 24.8 Å². The standard InChI is InChI=1S/C26H29F3O6S/c1-5-33-24(34-6-2)17-21(36(31)20-14-12-18(3)13-15-20)16-22(24)35-23(30)25(32-4,26(27,28)29)19-10-8-7-9-11-19/h7-16,22H,5-6,17H2,1-4H3/t22-,25-,36-/m1/s1. The molecule has 2 aromatic carbocycles. The molecular formula is C26H29F3O6S. The molecule has 0 saturated heterocycles. The molecule has 2 aromatic rings. The van der Waals surface area contributed by atoms with Crippen LogP contribution in [0.15, 0.2) is 70.5 Å². The second kappa shape index (κ2) is 11.2. The van der Waals surface area contributed by atoms with Gasteiger partial charge < -0.3 is 18.9 Å². The van der Waals surface area contributed by atoms with Crippen LogP contribution in [0.5, 0.6) is 0 Å². The first-order valence-corrected chi connectivity index (χ1v) is 12.5. The van der Waals surface area contributed by atoms with Gasteiger partial charge in [0.2, 0.25) is 5.79 Å². The van der Waals surface area contributed by atoms with E-state index in [1.807, 2.05) is 6.92 Å². The molecule has 0 N–H and O–H groups in total. The molecular weight excluding hydrogens is 497 g/mol.